The maximum atomic E-state index is 5.95. The molecule has 2 rings (SSSR count). The van der Waals surface area contributed by atoms with Crippen LogP contribution in [0.15, 0.2) is 0 Å². The largest absolute Gasteiger partial charge is 0.329 e. The third-order valence-corrected chi connectivity index (χ3v) is 4.32. The lowest BCUT2D eigenvalue weighted by Crippen LogP contribution is -2.53. The van der Waals surface area contributed by atoms with Crippen molar-refractivity contribution in [1.29, 1.82) is 0 Å². The first-order chi connectivity index (χ1) is 7.30. The molecule has 0 spiro atoms. The van der Waals surface area contributed by atoms with E-state index in [9.17, 15) is 0 Å². The molecule has 0 bridgehead atoms. The van der Waals surface area contributed by atoms with E-state index < -0.39 is 0 Å². The fourth-order valence-corrected chi connectivity index (χ4v) is 2.71. The van der Waals surface area contributed by atoms with Gasteiger partial charge in [0, 0.05) is 12.1 Å². The van der Waals surface area contributed by atoms with Crippen molar-refractivity contribution < 1.29 is 0 Å². The second kappa shape index (κ2) is 4.84. The van der Waals surface area contributed by atoms with Crippen LogP contribution in [0.3, 0.4) is 0 Å². The van der Waals surface area contributed by atoms with Gasteiger partial charge in [0.05, 0.1) is 0 Å². The summed E-state index contributed by atoms with van der Waals surface area (Å²) >= 11 is 0. The van der Waals surface area contributed by atoms with Crippen molar-refractivity contribution >= 4 is 0 Å². The van der Waals surface area contributed by atoms with Gasteiger partial charge in [-0.25, -0.2) is 0 Å². The second-order valence-electron chi connectivity index (χ2n) is 5.50. The molecule has 0 heterocycles. The van der Waals surface area contributed by atoms with E-state index >= 15 is 0 Å². The van der Waals surface area contributed by atoms with Gasteiger partial charge in [0.2, 0.25) is 0 Å². The van der Waals surface area contributed by atoms with Crippen molar-refractivity contribution in [3.63, 3.8) is 0 Å². The summed E-state index contributed by atoms with van der Waals surface area (Å²) in [5.74, 6) is 1.94. The van der Waals surface area contributed by atoms with Crippen molar-refractivity contribution in [3.05, 3.63) is 0 Å². The van der Waals surface area contributed by atoms with Crippen LogP contribution in [0.2, 0.25) is 0 Å². The summed E-state index contributed by atoms with van der Waals surface area (Å²) in [6.07, 6.45) is 9.72. The van der Waals surface area contributed by atoms with Crippen LogP contribution in [0.25, 0.3) is 0 Å². The SMILES string of the molecule is CCC(CN)(NCCCC1CC1)C1CC1. The molecule has 0 aromatic carbocycles. The maximum Gasteiger partial charge on any atom is 0.0329 e. The lowest BCUT2D eigenvalue weighted by Gasteiger charge is -2.33. The molecule has 2 fully saturated rings. The standard InChI is InChI=1S/C13H26N2/c1-2-13(10-14,12-7-8-12)15-9-3-4-11-5-6-11/h11-12,15H,2-10,14H2,1H3. The summed E-state index contributed by atoms with van der Waals surface area (Å²) in [5, 5.41) is 3.75. The normalized spacial score (nSPS) is 25.2. The Bertz CT molecular complexity index is 191. The van der Waals surface area contributed by atoms with Gasteiger partial charge < -0.3 is 11.1 Å². The summed E-state index contributed by atoms with van der Waals surface area (Å²) in [6.45, 7) is 4.27. The molecule has 0 aliphatic heterocycles. The van der Waals surface area contributed by atoms with Crippen LogP contribution in [-0.2, 0) is 0 Å². The van der Waals surface area contributed by atoms with Gasteiger partial charge in [-0.15, -0.1) is 0 Å². The fraction of sp³-hybridized carbons (Fsp3) is 1.00. The van der Waals surface area contributed by atoms with Crippen molar-refractivity contribution in [3.8, 4) is 0 Å². The molecular formula is C13H26N2. The Morgan fingerprint density at radius 3 is 2.47 bits per heavy atom. The lowest BCUT2D eigenvalue weighted by atomic mass is 9.90. The third-order valence-electron chi connectivity index (χ3n) is 4.32. The molecule has 15 heavy (non-hydrogen) atoms. The first kappa shape index (κ1) is 11.4. The Balaban J connectivity index is 1.67. The molecule has 2 aliphatic carbocycles. The van der Waals surface area contributed by atoms with Gasteiger partial charge in [0.15, 0.2) is 0 Å². The predicted molar refractivity (Wildman–Crippen MR) is 64.8 cm³/mol. The van der Waals surface area contributed by atoms with Crippen LogP contribution in [0.1, 0.15) is 51.9 Å². The first-order valence-electron chi connectivity index (χ1n) is 6.76. The number of rotatable bonds is 8. The van der Waals surface area contributed by atoms with E-state index in [0.29, 0.717) is 0 Å². The molecule has 2 nitrogen and oxygen atoms in total. The highest BCUT2D eigenvalue weighted by atomic mass is 15.0. The Morgan fingerprint density at radius 2 is 2.00 bits per heavy atom. The molecule has 0 aromatic rings. The van der Waals surface area contributed by atoms with Gasteiger partial charge in [-0.3, -0.25) is 0 Å². The van der Waals surface area contributed by atoms with Crippen LogP contribution < -0.4 is 11.1 Å². The van der Waals surface area contributed by atoms with Crippen LogP contribution in [0, 0.1) is 11.8 Å². The zero-order valence-corrected chi connectivity index (χ0v) is 10.1. The average molecular weight is 210 g/mol. The molecule has 1 atom stereocenters. The number of hydrogen-bond donors (Lipinski definition) is 2. The zero-order valence-electron chi connectivity index (χ0n) is 10.1. The Labute approximate surface area is 94.0 Å². The molecular weight excluding hydrogens is 184 g/mol. The molecule has 2 heteroatoms. The quantitative estimate of drug-likeness (QED) is 0.603. The molecule has 2 saturated carbocycles. The summed E-state index contributed by atoms with van der Waals surface area (Å²) in [7, 11) is 0. The minimum absolute atomic E-state index is 0.281. The van der Waals surface area contributed by atoms with Gasteiger partial charge >= 0.3 is 0 Å². The van der Waals surface area contributed by atoms with Gasteiger partial charge in [-0.1, -0.05) is 19.8 Å². The highest BCUT2D eigenvalue weighted by molar-refractivity contribution is 5.00. The Kier molecular flexibility index (Phi) is 3.68. The zero-order chi connectivity index (χ0) is 10.7. The highest BCUT2D eigenvalue weighted by Gasteiger charge is 2.42. The molecule has 1 unspecified atom stereocenters. The van der Waals surface area contributed by atoms with E-state index in [1.807, 2.05) is 0 Å². The number of nitrogens with one attached hydrogen (secondary N) is 1. The smallest absolute Gasteiger partial charge is 0.0329 e. The van der Waals surface area contributed by atoms with Crippen molar-refractivity contribution in [1.82, 2.24) is 5.32 Å². The summed E-state index contributed by atoms with van der Waals surface area (Å²) < 4.78 is 0. The molecule has 0 radical (unpaired) electrons. The van der Waals surface area contributed by atoms with Crippen molar-refractivity contribution in [2.24, 2.45) is 17.6 Å². The monoisotopic (exact) mass is 210 g/mol. The summed E-state index contributed by atoms with van der Waals surface area (Å²) in [6, 6.07) is 0. The topological polar surface area (TPSA) is 38.0 Å². The van der Waals surface area contributed by atoms with Crippen LogP contribution in [0.4, 0.5) is 0 Å². The van der Waals surface area contributed by atoms with Gasteiger partial charge in [-0.2, -0.15) is 0 Å². The van der Waals surface area contributed by atoms with Crippen molar-refractivity contribution in [2.45, 2.75) is 57.4 Å². The summed E-state index contributed by atoms with van der Waals surface area (Å²) in [4.78, 5) is 0. The molecule has 0 saturated heterocycles. The Morgan fingerprint density at radius 1 is 1.27 bits per heavy atom. The lowest BCUT2D eigenvalue weighted by molar-refractivity contribution is 0.277. The van der Waals surface area contributed by atoms with E-state index in [1.54, 1.807) is 0 Å². The van der Waals surface area contributed by atoms with Crippen LogP contribution in [0.5, 0.6) is 0 Å². The molecule has 0 aromatic heterocycles. The molecule has 3 N–H and O–H groups in total. The highest BCUT2D eigenvalue weighted by Crippen LogP contribution is 2.41. The van der Waals surface area contributed by atoms with Gasteiger partial charge in [-0.05, 0) is 50.5 Å². The molecule has 0 amide bonds. The van der Waals surface area contributed by atoms with Crippen molar-refractivity contribution in [2.75, 3.05) is 13.1 Å². The maximum absolute atomic E-state index is 5.95. The van der Waals surface area contributed by atoms with E-state index in [4.69, 9.17) is 5.73 Å². The van der Waals surface area contributed by atoms with E-state index in [2.05, 4.69) is 12.2 Å². The first-order valence-corrected chi connectivity index (χ1v) is 6.76. The van der Waals surface area contributed by atoms with E-state index in [0.717, 1.165) is 18.4 Å². The molecule has 88 valence electrons. The van der Waals surface area contributed by atoms with Gasteiger partial charge in [0.1, 0.15) is 0 Å². The van der Waals surface area contributed by atoms with Crippen LogP contribution in [-0.4, -0.2) is 18.6 Å². The van der Waals surface area contributed by atoms with Crippen LogP contribution >= 0.6 is 0 Å². The number of nitrogens with two attached hydrogens (primary N) is 1. The minimum Gasteiger partial charge on any atom is -0.329 e. The number of hydrogen-bond acceptors (Lipinski definition) is 2. The average Bonchev–Trinajstić information content (AvgIpc) is 3.12. The van der Waals surface area contributed by atoms with E-state index in [1.165, 1.54) is 51.5 Å². The van der Waals surface area contributed by atoms with E-state index in [-0.39, 0.29) is 5.54 Å². The minimum atomic E-state index is 0.281. The predicted octanol–water partition coefficient (Wildman–Crippen LogP) is 2.28. The van der Waals surface area contributed by atoms with Gasteiger partial charge in [0.25, 0.3) is 0 Å². The molecule has 2 aliphatic rings. The summed E-state index contributed by atoms with van der Waals surface area (Å²) in [5.41, 5.74) is 6.23. The third kappa shape index (κ3) is 2.94. The second-order valence-corrected chi connectivity index (χ2v) is 5.50. The Hall–Kier alpha value is -0.0800. The fourth-order valence-electron chi connectivity index (χ4n) is 2.71.